The third kappa shape index (κ3) is 4.44. The lowest BCUT2D eigenvalue weighted by atomic mass is 10.2. The summed E-state index contributed by atoms with van der Waals surface area (Å²) in [6.07, 6.45) is 3.32. The highest BCUT2D eigenvalue weighted by molar-refractivity contribution is 5.94. The second-order valence-electron chi connectivity index (χ2n) is 6.10. The molecule has 1 amide bonds. The Morgan fingerprint density at radius 3 is 2.44 bits per heavy atom. The molecule has 0 aliphatic carbocycles. The van der Waals surface area contributed by atoms with Crippen LogP contribution in [0.1, 0.15) is 21.5 Å². The van der Waals surface area contributed by atoms with Gasteiger partial charge in [0.05, 0.1) is 17.4 Å². The molecule has 0 unspecified atom stereocenters. The molecule has 0 saturated carbocycles. The Morgan fingerprint density at radius 1 is 1.00 bits per heavy atom. The summed E-state index contributed by atoms with van der Waals surface area (Å²) >= 11 is 0. The van der Waals surface area contributed by atoms with Crippen molar-refractivity contribution < 1.29 is 4.79 Å². The third-order valence-corrected chi connectivity index (χ3v) is 3.93. The Kier molecular flexibility index (Phi) is 5.09. The van der Waals surface area contributed by atoms with E-state index in [-0.39, 0.29) is 5.91 Å². The number of pyridine rings is 1. The third-order valence-electron chi connectivity index (χ3n) is 3.93. The second-order valence-corrected chi connectivity index (χ2v) is 6.10. The van der Waals surface area contributed by atoms with Crippen molar-refractivity contribution in [3.8, 4) is 0 Å². The molecule has 25 heavy (non-hydrogen) atoms. The normalized spacial score (nSPS) is 10.3. The maximum Gasteiger partial charge on any atom is 0.255 e. The molecule has 4 nitrogen and oxygen atoms in total. The molecule has 1 heterocycles. The van der Waals surface area contributed by atoms with E-state index in [2.05, 4.69) is 10.3 Å². The molecule has 3 aromatic rings. The molecule has 126 valence electrons. The monoisotopic (exact) mass is 331 g/mol. The Hall–Kier alpha value is -3.14. The van der Waals surface area contributed by atoms with Crippen molar-refractivity contribution in [3.63, 3.8) is 0 Å². The summed E-state index contributed by atoms with van der Waals surface area (Å²) in [7, 11) is 1.80. The van der Waals surface area contributed by atoms with Crippen LogP contribution in [-0.4, -0.2) is 22.8 Å². The molecule has 1 aromatic heterocycles. The molecule has 0 bridgehead atoms. The van der Waals surface area contributed by atoms with Crippen LogP contribution >= 0.6 is 0 Å². The van der Waals surface area contributed by atoms with Gasteiger partial charge in [0.25, 0.3) is 5.91 Å². The van der Waals surface area contributed by atoms with Crippen LogP contribution in [0.2, 0.25) is 0 Å². The molecule has 4 heteroatoms. The molecule has 0 fully saturated rings. The number of aryl methyl sites for hydroxylation is 1. The average molecular weight is 331 g/mol. The number of anilines is 2. The van der Waals surface area contributed by atoms with Crippen LogP contribution in [-0.2, 0) is 6.54 Å². The van der Waals surface area contributed by atoms with Crippen molar-refractivity contribution in [2.75, 3.05) is 12.4 Å². The molecular weight excluding hydrogens is 310 g/mol. The van der Waals surface area contributed by atoms with E-state index < -0.39 is 0 Å². The summed E-state index contributed by atoms with van der Waals surface area (Å²) in [6, 6.07) is 19.9. The molecule has 1 N–H and O–H groups in total. The van der Waals surface area contributed by atoms with Gasteiger partial charge in [0.15, 0.2) is 0 Å². The SMILES string of the molecule is Cc1ccc(Nc2cncc(C(=O)N(C)Cc3ccccc3)c2)cc1. The first-order valence-electron chi connectivity index (χ1n) is 8.20. The number of carbonyl (C=O) groups excluding carboxylic acids is 1. The minimum atomic E-state index is -0.0519. The topological polar surface area (TPSA) is 45.2 Å². The molecule has 0 atom stereocenters. The van der Waals surface area contributed by atoms with Crippen molar-refractivity contribution in [1.29, 1.82) is 0 Å². The number of benzene rings is 2. The molecular formula is C21H21N3O. The van der Waals surface area contributed by atoms with Crippen molar-refractivity contribution in [2.24, 2.45) is 0 Å². The van der Waals surface area contributed by atoms with E-state index in [0.717, 1.165) is 16.9 Å². The van der Waals surface area contributed by atoms with Gasteiger partial charge >= 0.3 is 0 Å². The molecule has 3 rings (SSSR count). The highest BCUT2D eigenvalue weighted by Gasteiger charge is 2.13. The van der Waals surface area contributed by atoms with Gasteiger partial charge in [-0.2, -0.15) is 0 Å². The number of hydrogen-bond acceptors (Lipinski definition) is 3. The Balaban J connectivity index is 1.71. The van der Waals surface area contributed by atoms with Gasteiger partial charge in [-0.15, -0.1) is 0 Å². The van der Waals surface area contributed by atoms with E-state index in [9.17, 15) is 4.79 Å². The second kappa shape index (κ2) is 7.62. The van der Waals surface area contributed by atoms with E-state index in [1.54, 1.807) is 24.3 Å². The van der Waals surface area contributed by atoms with Crippen molar-refractivity contribution in [3.05, 3.63) is 89.7 Å². The Morgan fingerprint density at radius 2 is 1.72 bits per heavy atom. The predicted octanol–water partition coefficient (Wildman–Crippen LogP) is 4.41. The van der Waals surface area contributed by atoms with Gasteiger partial charge in [-0.05, 0) is 30.7 Å². The van der Waals surface area contributed by atoms with E-state index >= 15 is 0 Å². The minimum Gasteiger partial charge on any atom is -0.354 e. The first-order valence-corrected chi connectivity index (χ1v) is 8.20. The van der Waals surface area contributed by atoms with E-state index in [1.165, 1.54) is 5.56 Å². The maximum atomic E-state index is 12.7. The van der Waals surface area contributed by atoms with Crippen LogP contribution in [0.5, 0.6) is 0 Å². The van der Waals surface area contributed by atoms with E-state index in [4.69, 9.17) is 0 Å². The molecule has 0 aliphatic rings. The van der Waals surface area contributed by atoms with Crippen molar-refractivity contribution >= 4 is 17.3 Å². The largest absolute Gasteiger partial charge is 0.354 e. The fraction of sp³-hybridized carbons (Fsp3) is 0.143. The van der Waals surface area contributed by atoms with Gasteiger partial charge in [-0.3, -0.25) is 9.78 Å². The van der Waals surface area contributed by atoms with Gasteiger partial charge < -0.3 is 10.2 Å². The first kappa shape index (κ1) is 16.7. The number of nitrogens with zero attached hydrogens (tertiary/aromatic N) is 2. The van der Waals surface area contributed by atoms with Gasteiger partial charge in [0.2, 0.25) is 0 Å². The lowest BCUT2D eigenvalue weighted by molar-refractivity contribution is 0.0784. The zero-order chi connectivity index (χ0) is 17.6. The summed E-state index contributed by atoms with van der Waals surface area (Å²) in [4.78, 5) is 18.6. The van der Waals surface area contributed by atoms with Gasteiger partial charge in [-0.1, -0.05) is 48.0 Å². The summed E-state index contributed by atoms with van der Waals surface area (Å²) in [5, 5.41) is 3.28. The minimum absolute atomic E-state index is 0.0519. The zero-order valence-electron chi connectivity index (χ0n) is 14.4. The Labute approximate surface area is 148 Å². The van der Waals surface area contributed by atoms with Crippen molar-refractivity contribution in [1.82, 2.24) is 9.88 Å². The number of nitrogens with one attached hydrogen (secondary N) is 1. The maximum absolute atomic E-state index is 12.7. The summed E-state index contributed by atoms with van der Waals surface area (Å²) < 4.78 is 0. The number of hydrogen-bond donors (Lipinski definition) is 1. The highest BCUT2D eigenvalue weighted by atomic mass is 16.2. The highest BCUT2D eigenvalue weighted by Crippen LogP contribution is 2.18. The number of rotatable bonds is 5. The quantitative estimate of drug-likeness (QED) is 0.753. The number of carbonyl (C=O) groups is 1. The molecule has 2 aromatic carbocycles. The van der Waals surface area contributed by atoms with Crippen LogP contribution < -0.4 is 5.32 Å². The molecule has 0 spiro atoms. The summed E-state index contributed by atoms with van der Waals surface area (Å²) in [6.45, 7) is 2.61. The predicted molar refractivity (Wildman–Crippen MR) is 101 cm³/mol. The number of amides is 1. The summed E-state index contributed by atoms with van der Waals surface area (Å²) in [5.41, 5.74) is 4.63. The van der Waals surface area contributed by atoms with Crippen LogP contribution in [0.15, 0.2) is 73.1 Å². The van der Waals surface area contributed by atoms with Gasteiger partial charge in [-0.25, -0.2) is 0 Å². The Bertz CT molecular complexity index is 845. The van der Waals surface area contributed by atoms with Crippen LogP contribution in [0.4, 0.5) is 11.4 Å². The lowest BCUT2D eigenvalue weighted by Crippen LogP contribution is -2.26. The van der Waals surface area contributed by atoms with E-state index in [0.29, 0.717) is 12.1 Å². The fourth-order valence-electron chi connectivity index (χ4n) is 2.58. The summed E-state index contributed by atoms with van der Waals surface area (Å²) in [5.74, 6) is -0.0519. The average Bonchev–Trinajstić information content (AvgIpc) is 2.64. The zero-order valence-corrected chi connectivity index (χ0v) is 14.4. The molecule has 0 saturated heterocycles. The van der Waals surface area contributed by atoms with Crippen molar-refractivity contribution in [2.45, 2.75) is 13.5 Å². The van der Waals surface area contributed by atoms with Crippen LogP contribution in [0.25, 0.3) is 0 Å². The first-order chi connectivity index (χ1) is 12.1. The van der Waals surface area contributed by atoms with Gasteiger partial charge in [0, 0.05) is 25.5 Å². The van der Waals surface area contributed by atoms with Gasteiger partial charge in [0.1, 0.15) is 0 Å². The van der Waals surface area contributed by atoms with E-state index in [1.807, 2.05) is 67.6 Å². The lowest BCUT2D eigenvalue weighted by Gasteiger charge is -2.17. The fourth-order valence-corrected chi connectivity index (χ4v) is 2.58. The molecule has 0 aliphatic heterocycles. The smallest absolute Gasteiger partial charge is 0.255 e. The van der Waals surface area contributed by atoms with Crippen LogP contribution in [0, 0.1) is 6.92 Å². The standard InChI is InChI=1S/C21H21N3O/c1-16-8-10-19(11-9-16)23-20-12-18(13-22-14-20)21(25)24(2)15-17-6-4-3-5-7-17/h3-14,23H,15H2,1-2H3. The molecule has 0 radical (unpaired) electrons. The van der Waals surface area contributed by atoms with Crippen LogP contribution in [0.3, 0.4) is 0 Å². The number of aromatic nitrogens is 1.